The number of aromatic nitrogens is 3. The van der Waals surface area contributed by atoms with Crippen molar-refractivity contribution in [3.8, 4) is 0 Å². The Morgan fingerprint density at radius 2 is 1.89 bits per heavy atom. The Morgan fingerprint density at radius 1 is 1.21 bits per heavy atom. The van der Waals surface area contributed by atoms with Crippen LogP contribution in [-0.2, 0) is 0 Å². The van der Waals surface area contributed by atoms with E-state index in [1.165, 1.54) is 4.90 Å². The number of hydrogen-bond acceptors (Lipinski definition) is 4. The van der Waals surface area contributed by atoms with Gasteiger partial charge in [0.15, 0.2) is 0 Å². The number of aromatic amines is 1. The fourth-order valence-electron chi connectivity index (χ4n) is 1.39. The van der Waals surface area contributed by atoms with Gasteiger partial charge in [0.25, 0.3) is 11.8 Å². The molecule has 19 heavy (non-hydrogen) atoms. The number of nitrogens with one attached hydrogen (secondary N) is 2. The highest BCUT2D eigenvalue weighted by Crippen LogP contribution is 2.05. The van der Waals surface area contributed by atoms with Crippen molar-refractivity contribution in [2.75, 3.05) is 19.4 Å². The van der Waals surface area contributed by atoms with Gasteiger partial charge in [-0.2, -0.15) is 4.98 Å². The number of carbonyl (C=O) groups excluding carboxylic acids is 2. The summed E-state index contributed by atoms with van der Waals surface area (Å²) in [6, 6.07) is 8.68. The van der Waals surface area contributed by atoms with Gasteiger partial charge in [-0.15, -0.1) is 5.10 Å². The van der Waals surface area contributed by atoms with E-state index in [2.05, 4.69) is 20.5 Å². The van der Waals surface area contributed by atoms with Crippen LogP contribution in [0.2, 0.25) is 0 Å². The fraction of sp³-hybridized carbons (Fsp3) is 0.167. The first-order valence-corrected chi connectivity index (χ1v) is 5.58. The van der Waals surface area contributed by atoms with Crippen LogP contribution < -0.4 is 5.32 Å². The average molecular weight is 259 g/mol. The molecule has 2 amide bonds. The van der Waals surface area contributed by atoms with Gasteiger partial charge >= 0.3 is 0 Å². The van der Waals surface area contributed by atoms with Gasteiger partial charge in [0.1, 0.15) is 0 Å². The summed E-state index contributed by atoms with van der Waals surface area (Å²) in [6.07, 6.45) is 0. The summed E-state index contributed by atoms with van der Waals surface area (Å²) in [5, 5.41) is 8.76. The maximum atomic E-state index is 11.8. The van der Waals surface area contributed by atoms with Gasteiger partial charge in [0, 0.05) is 19.7 Å². The molecule has 1 aromatic carbocycles. The SMILES string of the molecule is CN(C)C(=O)c1nc(NC(=O)c2ccccc2)n[nH]1. The molecule has 98 valence electrons. The molecule has 0 saturated heterocycles. The Kier molecular flexibility index (Phi) is 3.56. The summed E-state index contributed by atoms with van der Waals surface area (Å²) < 4.78 is 0. The van der Waals surface area contributed by atoms with Crippen molar-refractivity contribution < 1.29 is 9.59 Å². The van der Waals surface area contributed by atoms with Crippen molar-refractivity contribution in [2.24, 2.45) is 0 Å². The Bertz CT molecular complexity index is 591. The number of anilines is 1. The van der Waals surface area contributed by atoms with Crippen molar-refractivity contribution in [3.05, 3.63) is 41.7 Å². The third-order valence-electron chi connectivity index (χ3n) is 2.36. The van der Waals surface area contributed by atoms with Crippen LogP contribution in [0.5, 0.6) is 0 Å². The quantitative estimate of drug-likeness (QED) is 0.851. The van der Waals surface area contributed by atoms with Crippen molar-refractivity contribution in [2.45, 2.75) is 0 Å². The monoisotopic (exact) mass is 259 g/mol. The molecule has 0 saturated carbocycles. The predicted molar refractivity (Wildman–Crippen MR) is 68.8 cm³/mol. The second-order valence-electron chi connectivity index (χ2n) is 4.03. The fourth-order valence-corrected chi connectivity index (χ4v) is 1.39. The van der Waals surface area contributed by atoms with Gasteiger partial charge in [-0.05, 0) is 12.1 Å². The van der Waals surface area contributed by atoms with E-state index in [0.717, 1.165) is 0 Å². The van der Waals surface area contributed by atoms with Gasteiger partial charge in [0.2, 0.25) is 11.8 Å². The second-order valence-corrected chi connectivity index (χ2v) is 4.03. The number of rotatable bonds is 3. The van der Waals surface area contributed by atoms with E-state index in [4.69, 9.17) is 0 Å². The van der Waals surface area contributed by atoms with E-state index < -0.39 is 0 Å². The van der Waals surface area contributed by atoms with Crippen molar-refractivity contribution >= 4 is 17.8 Å². The second kappa shape index (κ2) is 5.30. The highest BCUT2D eigenvalue weighted by Gasteiger charge is 2.15. The number of H-pyrrole nitrogens is 1. The first-order valence-electron chi connectivity index (χ1n) is 5.58. The van der Waals surface area contributed by atoms with Gasteiger partial charge < -0.3 is 4.90 Å². The van der Waals surface area contributed by atoms with E-state index >= 15 is 0 Å². The molecule has 2 aromatic rings. The Hall–Kier alpha value is -2.70. The van der Waals surface area contributed by atoms with E-state index in [1.807, 2.05) is 6.07 Å². The van der Waals surface area contributed by atoms with Crippen LogP contribution in [-0.4, -0.2) is 46.0 Å². The molecule has 7 nitrogen and oxygen atoms in total. The molecule has 2 rings (SSSR count). The van der Waals surface area contributed by atoms with Crippen molar-refractivity contribution in [1.82, 2.24) is 20.1 Å². The highest BCUT2D eigenvalue weighted by atomic mass is 16.2. The Morgan fingerprint density at radius 3 is 2.53 bits per heavy atom. The lowest BCUT2D eigenvalue weighted by Crippen LogP contribution is -2.23. The Labute approximate surface area is 109 Å². The molecule has 0 aliphatic rings. The zero-order chi connectivity index (χ0) is 13.8. The Balaban J connectivity index is 2.09. The van der Waals surface area contributed by atoms with Gasteiger partial charge in [-0.1, -0.05) is 18.2 Å². The molecule has 0 radical (unpaired) electrons. The van der Waals surface area contributed by atoms with Crippen LogP contribution >= 0.6 is 0 Å². The van der Waals surface area contributed by atoms with Gasteiger partial charge in [-0.3, -0.25) is 20.0 Å². The maximum Gasteiger partial charge on any atom is 0.290 e. The molecule has 7 heteroatoms. The number of amides is 2. The summed E-state index contributed by atoms with van der Waals surface area (Å²) in [5.74, 6) is -0.497. The lowest BCUT2D eigenvalue weighted by molar-refractivity contribution is 0.0816. The maximum absolute atomic E-state index is 11.8. The van der Waals surface area contributed by atoms with E-state index in [-0.39, 0.29) is 23.6 Å². The number of hydrogen-bond donors (Lipinski definition) is 2. The highest BCUT2D eigenvalue weighted by molar-refractivity contribution is 6.03. The minimum absolute atomic E-state index is 0.0686. The average Bonchev–Trinajstić information content (AvgIpc) is 2.87. The van der Waals surface area contributed by atoms with Crippen LogP contribution in [0.15, 0.2) is 30.3 Å². The third-order valence-corrected chi connectivity index (χ3v) is 2.36. The zero-order valence-electron chi connectivity index (χ0n) is 10.5. The summed E-state index contributed by atoms with van der Waals surface area (Å²) >= 11 is 0. The normalized spacial score (nSPS) is 10.0. The van der Waals surface area contributed by atoms with Crippen LogP contribution in [0, 0.1) is 0 Å². The summed E-state index contributed by atoms with van der Waals surface area (Å²) in [7, 11) is 3.21. The lowest BCUT2D eigenvalue weighted by atomic mass is 10.2. The number of benzene rings is 1. The van der Waals surface area contributed by atoms with Crippen LogP contribution in [0.25, 0.3) is 0 Å². The lowest BCUT2D eigenvalue weighted by Gasteiger charge is -2.05. The van der Waals surface area contributed by atoms with E-state index in [9.17, 15) is 9.59 Å². The van der Waals surface area contributed by atoms with Gasteiger partial charge in [0.05, 0.1) is 0 Å². The van der Waals surface area contributed by atoms with Crippen LogP contribution in [0.3, 0.4) is 0 Å². The molecule has 0 aliphatic heterocycles. The van der Waals surface area contributed by atoms with E-state index in [0.29, 0.717) is 5.56 Å². The predicted octanol–water partition coefficient (Wildman–Crippen LogP) is 0.759. The van der Waals surface area contributed by atoms with Gasteiger partial charge in [-0.25, -0.2) is 0 Å². The minimum Gasteiger partial charge on any atom is -0.342 e. The molecule has 0 unspecified atom stereocenters. The van der Waals surface area contributed by atoms with Crippen LogP contribution in [0.1, 0.15) is 21.0 Å². The molecule has 0 fully saturated rings. The summed E-state index contributed by atoms with van der Waals surface area (Å²) in [6.45, 7) is 0. The first-order chi connectivity index (χ1) is 9.08. The molecule has 0 bridgehead atoms. The molecule has 1 heterocycles. The summed E-state index contributed by atoms with van der Waals surface area (Å²) in [5.41, 5.74) is 0.493. The van der Waals surface area contributed by atoms with Crippen LogP contribution in [0.4, 0.5) is 5.95 Å². The minimum atomic E-state index is -0.330. The first kappa shape index (κ1) is 12.7. The molecule has 2 N–H and O–H groups in total. The smallest absolute Gasteiger partial charge is 0.290 e. The topological polar surface area (TPSA) is 91.0 Å². The van der Waals surface area contributed by atoms with E-state index in [1.54, 1.807) is 38.4 Å². The van der Waals surface area contributed by atoms with Crippen molar-refractivity contribution in [1.29, 1.82) is 0 Å². The standard InChI is InChI=1S/C12H13N5O2/c1-17(2)11(19)9-13-12(16-15-9)14-10(18)8-6-4-3-5-7-8/h3-7H,1-2H3,(H2,13,14,15,16,18). The number of nitrogens with zero attached hydrogens (tertiary/aromatic N) is 3. The zero-order valence-corrected chi connectivity index (χ0v) is 10.5. The summed E-state index contributed by atoms with van der Waals surface area (Å²) in [4.78, 5) is 28.7. The molecule has 1 aromatic heterocycles. The largest absolute Gasteiger partial charge is 0.342 e. The molecular formula is C12H13N5O2. The molecule has 0 spiro atoms. The number of carbonyl (C=O) groups is 2. The molecule has 0 atom stereocenters. The third kappa shape index (κ3) is 2.95. The molecule has 0 aliphatic carbocycles. The van der Waals surface area contributed by atoms with Crippen molar-refractivity contribution in [3.63, 3.8) is 0 Å². The molecular weight excluding hydrogens is 246 g/mol.